The molecule has 0 spiro atoms. The van der Waals surface area contributed by atoms with Gasteiger partial charge in [-0.25, -0.2) is 13.2 Å². The first-order valence-electron chi connectivity index (χ1n) is 9.35. The van der Waals surface area contributed by atoms with Crippen molar-refractivity contribution in [3.8, 4) is 0 Å². The van der Waals surface area contributed by atoms with Crippen molar-refractivity contribution in [3.63, 3.8) is 0 Å². The van der Waals surface area contributed by atoms with E-state index in [4.69, 9.17) is 5.11 Å². The molecule has 12 heteroatoms. The van der Waals surface area contributed by atoms with Gasteiger partial charge in [0.2, 0.25) is 0 Å². The molecule has 1 unspecified atom stereocenters. The summed E-state index contributed by atoms with van der Waals surface area (Å²) in [6.07, 6.45) is 0.599. The van der Waals surface area contributed by atoms with Crippen molar-refractivity contribution < 1.29 is 31.8 Å². The largest absolute Gasteiger partial charge is 0.394 e. The summed E-state index contributed by atoms with van der Waals surface area (Å²) in [5, 5.41) is 20.8. The normalized spacial score (nSPS) is 16.1. The topological polar surface area (TPSA) is 111 Å². The maximum atomic E-state index is 14.5. The second-order valence-electron chi connectivity index (χ2n) is 7.40. The standard InChI is InChI=1S/C19H21F3IN3O4S/c20-13-2-4-16(18(17(13)22)24-15-3-1-11(23)9-14(15)21)25-31(29,30)26-19(7-8-19)6-5-12(28)10-27/h1-4,9,12,24-28H,5-8,10H2. The van der Waals surface area contributed by atoms with Gasteiger partial charge in [-0.3, -0.25) is 4.72 Å². The first kappa shape index (κ1) is 24.0. The van der Waals surface area contributed by atoms with E-state index >= 15 is 0 Å². The lowest BCUT2D eigenvalue weighted by Crippen LogP contribution is -2.41. The molecular weight excluding hydrogens is 550 g/mol. The molecule has 0 aromatic heterocycles. The fourth-order valence-corrected chi connectivity index (χ4v) is 4.87. The van der Waals surface area contributed by atoms with Crippen LogP contribution >= 0.6 is 22.6 Å². The molecule has 1 fully saturated rings. The van der Waals surface area contributed by atoms with Gasteiger partial charge in [0.05, 0.1) is 24.1 Å². The first-order chi connectivity index (χ1) is 14.5. The monoisotopic (exact) mass is 571 g/mol. The molecule has 1 atom stereocenters. The van der Waals surface area contributed by atoms with Crippen molar-refractivity contribution in [1.29, 1.82) is 0 Å². The van der Waals surface area contributed by atoms with Crippen LogP contribution in [0.5, 0.6) is 0 Å². The Balaban J connectivity index is 1.82. The van der Waals surface area contributed by atoms with Crippen LogP contribution in [0.15, 0.2) is 30.3 Å². The first-order valence-corrected chi connectivity index (χ1v) is 11.9. The van der Waals surface area contributed by atoms with E-state index in [1.807, 2.05) is 22.6 Å². The molecule has 1 saturated carbocycles. The summed E-state index contributed by atoms with van der Waals surface area (Å²) in [5.74, 6) is -3.33. The molecule has 0 aliphatic heterocycles. The van der Waals surface area contributed by atoms with Crippen LogP contribution in [0.4, 0.5) is 30.2 Å². The van der Waals surface area contributed by atoms with Crippen LogP contribution in [-0.2, 0) is 10.2 Å². The summed E-state index contributed by atoms with van der Waals surface area (Å²) >= 11 is 1.89. The average Bonchev–Trinajstić information content (AvgIpc) is 3.46. The third-order valence-electron chi connectivity index (χ3n) is 4.90. The highest BCUT2D eigenvalue weighted by Gasteiger charge is 2.45. The van der Waals surface area contributed by atoms with Crippen molar-refractivity contribution >= 4 is 49.9 Å². The van der Waals surface area contributed by atoms with Gasteiger partial charge in [-0.2, -0.15) is 13.1 Å². The molecule has 31 heavy (non-hydrogen) atoms. The lowest BCUT2D eigenvalue weighted by Gasteiger charge is -2.21. The van der Waals surface area contributed by atoms with E-state index in [9.17, 15) is 26.7 Å². The lowest BCUT2D eigenvalue weighted by atomic mass is 10.1. The van der Waals surface area contributed by atoms with Crippen molar-refractivity contribution in [3.05, 3.63) is 51.4 Å². The van der Waals surface area contributed by atoms with Gasteiger partial charge in [0.25, 0.3) is 10.2 Å². The molecule has 2 aromatic rings. The molecule has 3 rings (SSSR count). The summed E-state index contributed by atoms with van der Waals surface area (Å²) in [6.45, 7) is -0.430. The number of hydrogen-bond donors (Lipinski definition) is 5. The van der Waals surface area contributed by atoms with E-state index in [0.29, 0.717) is 22.8 Å². The minimum atomic E-state index is -4.21. The third-order valence-corrected chi connectivity index (χ3v) is 6.76. The van der Waals surface area contributed by atoms with Crippen LogP contribution in [0.2, 0.25) is 0 Å². The van der Waals surface area contributed by atoms with E-state index in [-0.39, 0.29) is 17.8 Å². The van der Waals surface area contributed by atoms with E-state index < -0.39 is 51.6 Å². The quantitative estimate of drug-likeness (QED) is 0.281. The van der Waals surface area contributed by atoms with Crippen LogP contribution in [0, 0.1) is 21.0 Å². The zero-order valence-corrected chi connectivity index (χ0v) is 19.1. The molecule has 1 aliphatic rings. The van der Waals surface area contributed by atoms with Crippen molar-refractivity contribution in [1.82, 2.24) is 4.72 Å². The van der Waals surface area contributed by atoms with Crippen LogP contribution in [0.3, 0.4) is 0 Å². The van der Waals surface area contributed by atoms with Crippen molar-refractivity contribution in [2.45, 2.75) is 37.3 Å². The molecule has 1 aliphatic carbocycles. The molecule has 0 heterocycles. The second-order valence-corrected chi connectivity index (χ2v) is 10.1. The van der Waals surface area contributed by atoms with E-state index in [0.717, 1.165) is 12.1 Å². The molecule has 0 radical (unpaired) electrons. The van der Waals surface area contributed by atoms with Crippen molar-refractivity contribution in [2.24, 2.45) is 0 Å². The molecular formula is C19H21F3IN3O4S. The maximum absolute atomic E-state index is 14.5. The number of aliphatic hydroxyl groups is 2. The van der Waals surface area contributed by atoms with Crippen LogP contribution in [-0.4, -0.2) is 36.9 Å². The Kier molecular flexibility index (Phi) is 7.35. The van der Waals surface area contributed by atoms with Crippen molar-refractivity contribution in [2.75, 3.05) is 16.6 Å². The Labute approximate surface area is 191 Å². The zero-order chi connectivity index (χ0) is 22.8. The van der Waals surface area contributed by atoms with Gasteiger partial charge in [0.1, 0.15) is 11.5 Å². The van der Waals surface area contributed by atoms with Gasteiger partial charge in [0, 0.05) is 9.11 Å². The molecule has 5 N–H and O–H groups in total. The summed E-state index contributed by atoms with van der Waals surface area (Å²) < 4.78 is 72.9. The highest BCUT2D eigenvalue weighted by Crippen LogP contribution is 2.41. The van der Waals surface area contributed by atoms with Crippen LogP contribution in [0.25, 0.3) is 0 Å². The number of rotatable bonds is 10. The van der Waals surface area contributed by atoms with Gasteiger partial charge in [0.15, 0.2) is 11.6 Å². The van der Waals surface area contributed by atoms with Crippen LogP contribution in [0.1, 0.15) is 25.7 Å². The SMILES string of the molecule is O=S(=O)(Nc1ccc(F)c(F)c1Nc1ccc(I)cc1F)NC1(CCC(O)CO)CC1. The van der Waals surface area contributed by atoms with E-state index in [1.165, 1.54) is 12.1 Å². The fourth-order valence-electron chi connectivity index (χ4n) is 3.03. The summed E-state index contributed by atoms with van der Waals surface area (Å²) in [5.41, 5.74) is -1.81. The summed E-state index contributed by atoms with van der Waals surface area (Å²) in [4.78, 5) is 0. The average molecular weight is 571 g/mol. The maximum Gasteiger partial charge on any atom is 0.299 e. The number of aliphatic hydroxyl groups excluding tert-OH is 2. The molecule has 170 valence electrons. The Morgan fingerprint density at radius 2 is 1.77 bits per heavy atom. The highest BCUT2D eigenvalue weighted by molar-refractivity contribution is 14.1. The van der Waals surface area contributed by atoms with Gasteiger partial charge in [-0.15, -0.1) is 0 Å². The number of anilines is 3. The Bertz CT molecular complexity index is 1070. The van der Waals surface area contributed by atoms with Gasteiger partial charge >= 0.3 is 0 Å². The van der Waals surface area contributed by atoms with Gasteiger partial charge < -0.3 is 15.5 Å². The summed E-state index contributed by atoms with van der Waals surface area (Å²) in [7, 11) is -4.21. The van der Waals surface area contributed by atoms with Gasteiger partial charge in [-0.05, 0) is 78.6 Å². The fraction of sp³-hybridized carbons (Fsp3) is 0.368. The molecule has 0 bridgehead atoms. The molecule has 2 aromatic carbocycles. The van der Waals surface area contributed by atoms with E-state index in [1.54, 1.807) is 6.07 Å². The zero-order valence-electron chi connectivity index (χ0n) is 16.1. The molecule has 0 saturated heterocycles. The molecule has 7 nitrogen and oxygen atoms in total. The number of hydrogen-bond acceptors (Lipinski definition) is 5. The Hall–Kier alpha value is -1.61. The Morgan fingerprint density at radius 1 is 1.10 bits per heavy atom. The second kappa shape index (κ2) is 9.48. The lowest BCUT2D eigenvalue weighted by molar-refractivity contribution is 0.0838. The highest BCUT2D eigenvalue weighted by atomic mass is 127. The third kappa shape index (κ3) is 6.22. The minimum Gasteiger partial charge on any atom is -0.394 e. The minimum absolute atomic E-state index is 0.157. The number of benzene rings is 2. The molecule has 0 amide bonds. The van der Waals surface area contributed by atoms with Gasteiger partial charge in [-0.1, -0.05) is 0 Å². The van der Waals surface area contributed by atoms with Crippen LogP contribution < -0.4 is 14.8 Å². The number of nitrogens with one attached hydrogen (secondary N) is 3. The Morgan fingerprint density at radius 3 is 2.39 bits per heavy atom. The predicted molar refractivity (Wildman–Crippen MR) is 119 cm³/mol. The smallest absolute Gasteiger partial charge is 0.299 e. The van der Waals surface area contributed by atoms with E-state index in [2.05, 4.69) is 14.8 Å². The summed E-state index contributed by atoms with van der Waals surface area (Å²) in [6, 6.07) is 5.84. The predicted octanol–water partition coefficient (Wildman–Crippen LogP) is 3.36. The number of halogens is 4.